The Balaban J connectivity index is 1.85. The number of nitrogens with one attached hydrogen (secondary N) is 1. The minimum Gasteiger partial charge on any atom is -0.337 e. The molecule has 0 saturated heterocycles. The minimum atomic E-state index is 0.232. The lowest BCUT2D eigenvalue weighted by Gasteiger charge is -2.28. The number of hydrogen-bond donors (Lipinski definition) is 1. The van der Waals surface area contributed by atoms with E-state index in [4.69, 9.17) is 0 Å². The van der Waals surface area contributed by atoms with Gasteiger partial charge in [0.05, 0.1) is 6.54 Å². The fraction of sp³-hybridized carbons (Fsp3) is 0.667. The van der Waals surface area contributed by atoms with Gasteiger partial charge >= 0.3 is 0 Å². The average Bonchev–Trinajstić information content (AvgIpc) is 2.85. The lowest BCUT2D eigenvalue weighted by Crippen LogP contribution is -2.44. The van der Waals surface area contributed by atoms with Gasteiger partial charge in [-0.2, -0.15) is 0 Å². The first-order valence-electron chi connectivity index (χ1n) is 7.18. The average molecular weight is 280 g/mol. The molecule has 1 aromatic heterocycles. The molecule has 1 unspecified atom stereocenters. The highest BCUT2D eigenvalue weighted by molar-refractivity contribution is 7.10. The van der Waals surface area contributed by atoms with Crippen LogP contribution in [-0.4, -0.2) is 29.9 Å². The van der Waals surface area contributed by atoms with Crippen molar-refractivity contribution in [1.29, 1.82) is 0 Å². The van der Waals surface area contributed by atoms with Gasteiger partial charge in [-0.05, 0) is 35.8 Å². The van der Waals surface area contributed by atoms with Crippen molar-refractivity contribution in [2.75, 3.05) is 13.1 Å². The molecule has 0 radical (unpaired) electrons. The molecule has 1 aliphatic heterocycles. The number of rotatable bonds is 5. The van der Waals surface area contributed by atoms with Gasteiger partial charge in [0.25, 0.3) is 0 Å². The maximum atomic E-state index is 12.2. The molecule has 0 fully saturated rings. The second-order valence-corrected chi connectivity index (χ2v) is 6.57. The molecule has 1 aromatic rings. The number of thiophene rings is 1. The summed E-state index contributed by atoms with van der Waals surface area (Å²) < 4.78 is 0. The molecule has 1 aliphatic rings. The van der Waals surface area contributed by atoms with Gasteiger partial charge in [0.2, 0.25) is 5.91 Å². The molecule has 1 amide bonds. The first kappa shape index (κ1) is 14.5. The quantitative estimate of drug-likeness (QED) is 0.899. The fourth-order valence-electron chi connectivity index (χ4n) is 2.64. The first-order chi connectivity index (χ1) is 9.11. The molecule has 1 atom stereocenters. The number of amides is 1. The Labute approximate surface area is 120 Å². The van der Waals surface area contributed by atoms with Crippen LogP contribution in [0.5, 0.6) is 0 Å². The summed E-state index contributed by atoms with van der Waals surface area (Å²) in [7, 11) is 0. The molecule has 0 spiro atoms. The van der Waals surface area contributed by atoms with E-state index in [1.165, 1.54) is 10.4 Å². The Kier molecular flexibility index (Phi) is 4.99. The van der Waals surface area contributed by atoms with Crippen molar-refractivity contribution in [2.45, 2.75) is 46.2 Å². The zero-order valence-corrected chi connectivity index (χ0v) is 12.9. The molecule has 1 N–H and O–H groups in total. The number of fused-ring (bicyclic) bond motifs is 1. The highest BCUT2D eigenvalue weighted by atomic mass is 32.1. The predicted molar refractivity (Wildman–Crippen MR) is 80.4 cm³/mol. The van der Waals surface area contributed by atoms with Gasteiger partial charge in [-0.25, -0.2) is 0 Å². The van der Waals surface area contributed by atoms with Crippen molar-refractivity contribution in [1.82, 2.24) is 10.2 Å². The summed E-state index contributed by atoms with van der Waals surface area (Å²) in [6.07, 6.45) is 2.08. The Bertz CT molecular complexity index is 428. The van der Waals surface area contributed by atoms with Gasteiger partial charge in [-0.1, -0.05) is 20.8 Å². The molecular weight excluding hydrogens is 256 g/mol. The summed E-state index contributed by atoms with van der Waals surface area (Å²) in [6.45, 7) is 8.69. The third-order valence-electron chi connectivity index (χ3n) is 3.92. The Hall–Kier alpha value is -0.870. The monoisotopic (exact) mass is 280 g/mol. The predicted octanol–water partition coefficient (Wildman–Crippen LogP) is 2.66. The molecule has 0 aliphatic carbocycles. The number of carbonyl (C=O) groups is 1. The van der Waals surface area contributed by atoms with Crippen molar-refractivity contribution >= 4 is 17.2 Å². The molecule has 0 saturated carbocycles. The van der Waals surface area contributed by atoms with Crippen molar-refractivity contribution in [3.63, 3.8) is 0 Å². The lowest BCUT2D eigenvalue weighted by atomic mass is 10.0. The Morgan fingerprint density at radius 1 is 1.53 bits per heavy atom. The summed E-state index contributed by atoms with van der Waals surface area (Å²) >= 11 is 1.81. The van der Waals surface area contributed by atoms with Gasteiger partial charge in [-0.15, -0.1) is 11.3 Å². The van der Waals surface area contributed by atoms with Gasteiger partial charge in [0.1, 0.15) is 0 Å². The normalized spacial score (nSPS) is 16.5. The zero-order chi connectivity index (χ0) is 13.8. The summed E-state index contributed by atoms with van der Waals surface area (Å²) in [5.74, 6) is 0.804. The first-order valence-corrected chi connectivity index (χ1v) is 8.06. The highest BCUT2D eigenvalue weighted by Crippen LogP contribution is 2.23. The molecule has 4 heteroatoms. The van der Waals surface area contributed by atoms with Gasteiger partial charge in [0, 0.05) is 24.0 Å². The van der Waals surface area contributed by atoms with Crippen molar-refractivity contribution < 1.29 is 4.79 Å². The van der Waals surface area contributed by atoms with Crippen LogP contribution >= 0.6 is 11.3 Å². The van der Waals surface area contributed by atoms with E-state index in [0.29, 0.717) is 18.5 Å². The van der Waals surface area contributed by atoms with Gasteiger partial charge in [-0.3, -0.25) is 4.79 Å². The van der Waals surface area contributed by atoms with Gasteiger partial charge < -0.3 is 10.2 Å². The van der Waals surface area contributed by atoms with Gasteiger partial charge in [0.15, 0.2) is 0 Å². The molecule has 19 heavy (non-hydrogen) atoms. The van der Waals surface area contributed by atoms with Crippen molar-refractivity contribution in [2.24, 2.45) is 5.92 Å². The highest BCUT2D eigenvalue weighted by Gasteiger charge is 2.22. The van der Waals surface area contributed by atoms with E-state index in [2.05, 4.69) is 37.5 Å². The van der Waals surface area contributed by atoms with Crippen LogP contribution in [0.1, 0.15) is 37.6 Å². The third kappa shape index (κ3) is 3.57. The molecule has 106 valence electrons. The molecule has 2 rings (SSSR count). The van der Waals surface area contributed by atoms with Crippen molar-refractivity contribution in [3.05, 3.63) is 21.9 Å². The van der Waals surface area contributed by atoms with E-state index in [9.17, 15) is 4.79 Å². The number of nitrogens with zero attached hydrogens (tertiary/aromatic N) is 1. The SMILES string of the molecule is CCC(NCC(=O)N1CCc2sccc2C1)C(C)C. The number of carbonyl (C=O) groups excluding carboxylic acids is 1. The molecule has 0 bridgehead atoms. The molecule has 3 nitrogen and oxygen atoms in total. The van der Waals surface area contributed by atoms with Crippen molar-refractivity contribution in [3.8, 4) is 0 Å². The van der Waals surface area contributed by atoms with E-state index >= 15 is 0 Å². The molecular formula is C15H24N2OS. The van der Waals surface area contributed by atoms with Crippen LogP contribution in [0.15, 0.2) is 11.4 Å². The van der Waals surface area contributed by atoms with Crippen LogP contribution in [0.4, 0.5) is 0 Å². The summed E-state index contributed by atoms with van der Waals surface area (Å²) in [6, 6.07) is 2.58. The van der Waals surface area contributed by atoms with E-state index in [1.807, 2.05) is 16.2 Å². The van der Waals surface area contributed by atoms with Crippen LogP contribution < -0.4 is 5.32 Å². The number of hydrogen-bond acceptors (Lipinski definition) is 3. The smallest absolute Gasteiger partial charge is 0.236 e. The standard InChI is InChI=1S/C15H24N2OS/c1-4-13(11(2)3)16-9-15(18)17-7-5-14-12(10-17)6-8-19-14/h6,8,11,13,16H,4-5,7,9-10H2,1-3H3. The largest absolute Gasteiger partial charge is 0.337 e. The third-order valence-corrected chi connectivity index (χ3v) is 4.94. The Morgan fingerprint density at radius 3 is 3.00 bits per heavy atom. The van der Waals surface area contributed by atoms with Crippen LogP contribution in [0, 0.1) is 5.92 Å². The molecule has 0 aromatic carbocycles. The minimum absolute atomic E-state index is 0.232. The zero-order valence-electron chi connectivity index (χ0n) is 12.1. The molecule has 2 heterocycles. The second kappa shape index (κ2) is 6.53. The fourth-order valence-corrected chi connectivity index (χ4v) is 3.53. The summed E-state index contributed by atoms with van der Waals surface area (Å²) in [4.78, 5) is 15.7. The summed E-state index contributed by atoms with van der Waals surface area (Å²) in [5.41, 5.74) is 1.33. The van der Waals surface area contributed by atoms with E-state index in [0.717, 1.165) is 25.9 Å². The van der Waals surface area contributed by atoms with Crippen LogP contribution in [0.25, 0.3) is 0 Å². The van der Waals surface area contributed by atoms with E-state index in [-0.39, 0.29) is 5.91 Å². The maximum Gasteiger partial charge on any atom is 0.236 e. The van der Waals surface area contributed by atoms with E-state index in [1.54, 1.807) is 0 Å². The maximum absolute atomic E-state index is 12.2. The van der Waals surface area contributed by atoms with Crippen LogP contribution in [-0.2, 0) is 17.8 Å². The summed E-state index contributed by atoms with van der Waals surface area (Å²) in [5, 5.41) is 5.52. The Morgan fingerprint density at radius 2 is 2.32 bits per heavy atom. The van der Waals surface area contributed by atoms with Crippen LogP contribution in [0.3, 0.4) is 0 Å². The van der Waals surface area contributed by atoms with E-state index < -0.39 is 0 Å². The van der Waals surface area contributed by atoms with Crippen LogP contribution in [0.2, 0.25) is 0 Å². The topological polar surface area (TPSA) is 32.3 Å². The second-order valence-electron chi connectivity index (χ2n) is 5.57. The lowest BCUT2D eigenvalue weighted by molar-refractivity contribution is -0.131.